The molecule has 92 valence electrons. The van der Waals surface area contributed by atoms with E-state index in [4.69, 9.17) is 15.2 Å². The quantitative estimate of drug-likeness (QED) is 0.863. The first-order chi connectivity index (χ1) is 8.23. The van der Waals surface area contributed by atoms with Gasteiger partial charge in [-0.3, -0.25) is 0 Å². The van der Waals surface area contributed by atoms with Crippen LogP contribution in [-0.2, 0) is 11.2 Å². The van der Waals surface area contributed by atoms with Crippen LogP contribution in [0.25, 0.3) is 0 Å². The number of hydrogen-bond acceptors (Lipinski definition) is 3. The summed E-state index contributed by atoms with van der Waals surface area (Å²) in [6.07, 6.45) is 4.52. The van der Waals surface area contributed by atoms with Crippen molar-refractivity contribution in [1.82, 2.24) is 0 Å². The van der Waals surface area contributed by atoms with Crippen LogP contribution in [0.2, 0.25) is 0 Å². The summed E-state index contributed by atoms with van der Waals surface area (Å²) in [5, 5.41) is 0. The number of hydrogen-bond donors (Lipinski definition) is 1. The Kier molecular flexibility index (Phi) is 2.81. The lowest BCUT2D eigenvalue weighted by molar-refractivity contribution is 0.141. The molecule has 0 aromatic heterocycles. The van der Waals surface area contributed by atoms with Crippen LogP contribution in [0, 0.1) is 0 Å². The molecule has 17 heavy (non-hydrogen) atoms. The Morgan fingerprint density at radius 2 is 2.06 bits per heavy atom. The van der Waals surface area contributed by atoms with Crippen LogP contribution in [0.3, 0.4) is 0 Å². The highest BCUT2D eigenvalue weighted by molar-refractivity contribution is 5.29. The Labute approximate surface area is 102 Å². The van der Waals surface area contributed by atoms with E-state index in [2.05, 4.69) is 12.1 Å². The molecule has 1 saturated heterocycles. The van der Waals surface area contributed by atoms with Crippen molar-refractivity contribution in [2.24, 2.45) is 5.73 Å². The molecule has 1 aliphatic heterocycles. The molecule has 0 bridgehead atoms. The average Bonchev–Trinajstić information content (AvgIpc) is 2.84. The topological polar surface area (TPSA) is 44.5 Å². The second-order valence-electron chi connectivity index (χ2n) is 5.29. The highest BCUT2D eigenvalue weighted by Crippen LogP contribution is 2.35. The Hall–Kier alpha value is -1.06. The first kappa shape index (κ1) is 11.1. The second-order valence-corrected chi connectivity index (χ2v) is 5.29. The van der Waals surface area contributed by atoms with Crippen molar-refractivity contribution in [2.45, 2.75) is 37.3 Å². The third kappa shape index (κ3) is 2.79. The van der Waals surface area contributed by atoms with Gasteiger partial charge in [0.15, 0.2) is 0 Å². The van der Waals surface area contributed by atoms with Gasteiger partial charge in [-0.15, -0.1) is 0 Å². The van der Waals surface area contributed by atoms with E-state index in [9.17, 15) is 0 Å². The number of nitrogens with two attached hydrogens (primary N) is 1. The zero-order valence-corrected chi connectivity index (χ0v) is 10.0. The first-order valence-electron chi connectivity index (χ1n) is 6.36. The largest absolute Gasteiger partial charge is 0.488 e. The minimum Gasteiger partial charge on any atom is -0.488 e. The molecule has 0 amide bonds. The standard InChI is InChI=1S/C14H19NO2/c15-14(6-7-14)9-11-1-3-12(4-2-11)17-13-5-8-16-10-13/h1-4,13H,5-10,15H2. The van der Waals surface area contributed by atoms with Crippen molar-refractivity contribution >= 4 is 0 Å². The molecule has 1 atom stereocenters. The zero-order valence-electron chi connectivity index (χ0n) is 10.0. The van der Waals surface area contributed by atoms with Crippen molar-refractivity contribution in [3.63, 3.8) is 0 Å². The van der Waals surface area contributed by atoms with Gasteiger partial charge in [-0.05, 0) is 37.0 Å². The van der Waals surface area contributed by atoms with E-state index >= 15 is 0 Å². The van der Waals surface area contributed by atoms with Crippen LogP contribution < -0.4 is 10.5 Å². The van der Waals surface area contributed by atoms with Crippen LogP contribution in [0.1, 0.15) is 24.8 Å². The van der Waals surface area contributed by atoms with Crippen molar-refractivity contribution < 1.29 is 9.47 Å². The second kappa shape index (κ2) is 4.31. The van der Waals surface area contributed by atoms with E-state index in [0.29, 0.717) is 6.61 Å². The predicted octanol–water partition coefficient (Wildman–Crippen LogP) is 1.89. The van der Waals surface area contributed by atoms with E-state index in [1.54, 1.807) is 0 Å². The van der Waals surface area contributed by atoms with Gasteiger partial charge in [0.05, 0.1) is 13.2 Å². The Bertz CT molecular complexity index is 378. The van der Waals surface area contributed by atoms with Gasteiger partial charge in [0.1, 0.15) is 11.9 Å². The fourth-order valence-electron chi connectivity index (χ4n) is 2.23. The Morgan fingerprint density at radius 1 is 1.29 bits per heavy atom. The molecule has 1 saturated carbocycles. The maximum Gasteiger partial charge on any atom is 0.124 e. The smallest absolute Gasteiger partial charge is 0.124 e. The molecule has 3 rings (SSSR count). The van der Waals surface area contributed by atoms with E-state index in [-0.39, 0.29) is 11.6 Å². The molecule has 3 heteroatoms. The van der Waals surface area contributed by atoms with Crippen molar-refractivity contribution in [2.75, 3.05) is 13.2 Å². The van der Waals surface area contributed by atoms with Crippen LogP contribution in [0.4, 0.5) is 0 Å². The summed E-state index contributed by atoms with van der Waals surface area (Å²) in [5.41, 5.74) is 7.49. The van der Waals surface area contributed by atoms with Crippen molar-refractivity contribution in [1.29, 1.82) is 0 Å². The highest BCUT2D eigenvalue weighted by atomic mass is 16.5. The zero-order chi connectivity index (χ0) is 11.7. The summed E-state index contributed by atoms with van der Waals surface area (Å²) in [7, 11) is 0. The molecule has 0 radical (unpaired) electrons. The lowest BCUT2D eigenvalue weighted by atomic mass is 10.1. The fraction of sp³-hybridized carbons (Fsp3) is 0.571. The highest BCUT2D eigenvalue weighted by Gasteiger charge is 2.37. The summed E-state index contributed by atoms with van der Waals surface area (Å²) in [6, 6.07) is 8.33. The van der Waals surface area contributed by atoms with Gasteiger partial charge in [-0.2, -0.15) is 0 Å². The molecule has 1 aliphatic carbocycles. The Balaban J connectivity index is 1.59. The van der Waals surface area contributed by atoms with Crippen molar-refractivity contribution in [3.8, 4) is 5.75 Å². The molecule has 2 N–H and O–H groups in total. The summed E-state index contributed by atoms with van der Waals surface area (Å²) in [4.78, 5) is 0. The van der Waals surface area contributed by atoms with Crippen LogP contribution in [0.5, 0.6) is 5.75 Å². The third-order valence-electron chi connectivity index (χ3n) is 3.56. The fourth-order valence-corrected chi connectivity index (χ4v) is 2.23. The monoisotopic (exact) mass is 233 g/mol. The minimum absolute atomic E-state index is 0.0850. The number of benzene rings is 1. The number of rotatable bonds is 4. The molecule has 1 unspecified atom stereocenters. The van der Waals surface area contributed by atoms with E-state index < -0.39 is 0 Å². The van der Waals surface area contributed by atoms with E-state index in [1.165, 1.54) is 5.56 Å². The Morgan fingerprint density at radius 3 is 2.65 bits per heavy atom. The molecule has 1 heterocycles. The van der Waals surface area contributed by atoms with Crippen LogP contribution >= 0.6 is 0 Å². The third-order valence-corrected chi connectivity index (χ3v) is 3.56. The molecule has 0 spiro atoms. The predicted molar refractivity (Wildman–Crippen MR) is 66.2 cm³/mol. The van der Waals surface area contributed by atoms with E-state index in [1.807, 2.05) is 12.1 Å². The van der Waals surface area contributed by atoms with Gasteiger partial charge in [0.2, 0.25) is 0 Å². The molecular weight excluding hydrogens is 214 g/mol. The SMILES string of the molecule is NC1(Cc2ccc(OC3CCOC3)cc2)CC1. The molecule has 2 fully saturated rings. The van der Waals surface area contributed by atoms with Gasteiger partial charge >= 0.3 is 0 Å². The summed E-state index contributed by atoms with van der Waals surface area (Å²) < 4.78 is 11.1. The van der Waals surface area contributed by atoms with Crippen molar-refractivity contribution in [3.05, 3.63) is 29.8 Å². The van der Waals surface area contributed by atoms with Gasteiger partial charge in [0, 0.05) is 12.0 Å². The van der Waals surface area contributed by atoms with Crippen LogP contribution in [0.15, 0.2) is 24.3 Å². The molecule has 3 nitrogen and oxygen atoms in total. The van der Waals surface area contributed by atoms with Gasteiger partial charge < -0.3 is 15.2 Å². The summed E-state index contributed by atoms with van der Waals surface area (Å²) >= 11 is 0. The van der Waals surface area contributed by atoms with E-state index in [0.717, 1.165) is 38.0 Å². The maximum atomic E-state index is 6.10. The lowest BCUT2D eigenvalue weighted by Crippen LogP contribution is -2.24. The number of ether oxygens (including phenoxy) is 2. The molecule has 1 aromatic carbocycles. The minimum atomic E-state index is 0.0850. The van der Waals surface area contributed by atoms with Gasteiger partial charge in [0.25, 0.3) is 0 Å². The van der Waals surface area contributed by atoms with Crippen LogP contribution in [-0.4, -0.2) is 24.9 Å². The molecule has 1 aromatic rings. The van der Waals surface area contributed by atoms with Gasteiger partial charge in [-0.1, -0.05) is 12.1 Å². The summed E-state index contributed by atoms with van der Waals surface area (Å²) in [6.45, 7) is 1.53. The van der Waals surface area contributed by atoms with Gasteiger partial charge in [-0.25, -0.2) is 0 Å². The summed E-state index contributed by atoms with van der Waals surface area (Å²) in [5.74, 6) is 0.936. The maximum absolute atomic E-state index is 6.10. The molecule has 2 aliphatic rings. The first-order valence-corrected chi connectivity index (χ1v) is 6.36. The average molecular weight is 233 g/mol. The lowest BCUT2D eigenvalue weighted by Gasteiger charge is -2.13. The molecular formula is C14H19NO2. The normalized spacial score (nSPS) is 25.8.